The van der Waals surface area contributed by atoms with Gasteiger partial charge in [-0.15, -0.1) is 0 Å². The standard InChI is InChI=1S/C63H119NO3/c1-3-5-7-9-11-13-15-17-19-21-23-25-27-28-29-30-31-32-33-34-35-37-38-40-42-44-46-48-50-52-54-56-58-62(66)61(60-65)64-63(67)59-57-55-53-51-49-47-45-43-41-39-36-26-24-22-20-18-16-14-12-10-8-6-4-2/h16,18,22,24,48,50,56,58,61-62,65-66H,3-15,17,19-21,23,25-47,49,51-55,57,59-60H2,1-2H3,(H,64,67)/b18-16-,24-22-,50-48+,58-56+. The van der Waals surface area contributed by atoms with Crippen LogP contribution in [0.2, 0.25) is 0 Å². The Bertz CT molecular complexity index is 1060. The average Bonchev–Trinajstić information content (AvgIpc) is 3.33. The minimum Gasteiger partial charge on any atom is -0.394 e. The zero-order valence-electron chi connectivity index (χ0n) is 45.4. The second kappa shape index (κ2) is 58.7. The number of amides is 1. The molecule has 3 N–H and O–H groups in total. The lowest BCUT2D eigenvalue weighted by Crippen LogP contribution is -2.45. The van der Waals surface area contributed by atoms with Crippen LogP contribution in [0.25, 0.3) is 0 Å². The third-order valence-electron chi connectivity index (χ3n) is 14.0. The summed E-state index contributed by atoms with van der Waals surface area (Å²) >= 11 is 0. The first-order valence-electron chi connectivity index (χ1n) is 30.4. The number of hydrogen-bond acceptors (Lipinski definition) is 3. The summed E-state index contributed by atoms with van der Waals surface area (Å²) in [5, 5.41) is 23.2. The average molecular weight is 939 g/mol. The van der Waals surface area contributed by atoms with E-state index < -0.39 is 12.1 Å². The normalized spacial score (nSPS) is 13.1. The maximum Gasteiger partial charge on any atom is 0.220 e. The van der Waals surface area contributed by atoms with Gasteiger partial charge in [-0.1, -0.05) is 306 Å². The Morgan fingerprint density at radius 3 is 0.955 bits per heavy atom. The molecule has 1 amide bonds. The number of aliphatic hydroxyl groups excluding tert-OH is 2. The number of carbonyl (C=O) groups is 1. The van der Waals surface area contributed by atoms with E-state index in [0.717, 1.165) is 38.5 Å². The highest BCUT2D eigenvalue weighted by Crippen LogP contribution is 2.17. The summed E-state index contributed by atoms with van der Waals surface area (Å²) in [6.45, 7) is 4.32. The van der Waals surface area contributed by atoms with Crippen LogP contribution in [0, 0.1) is 0 Å². The third kappa shape index (κ3) is 55.2. The minimum absolute atomic E-state index is 0.0729. The Labute approximate surface area is 420 Å². The second-order valence-electron chi connectivity index (χ2n) is 20.8. The molecule has 0 aromatic rings. The van der Waals surface area contributed by atoms with E-state index in [1.165, 1.54) is 270 Å². The first-order chi connectivity index (χ1) is 33.2. The number of allylic oxidation sites excluding steroid dienone is 7. The molecular weight excluding hydrogens is 819 g/mol. The first-order valence-corrected chi connectivity index (χ1v) is 30.4. The van der Waals surface area contributed by atoms with Gasteiger partial charge in [0.25, 0.3) is 0 Å². The van der Waals surface area contributed by atoms with Crippen LogP contribution in [-0.4, -0.2) is 34.9 Å². The number of aliphatic hydroxyl groups is 2. The van der Waals surface area contributed by atoms with Gasteiger partial charge in [0.1, 0.15) is 0 Å². The fourth-order valence-corrected chi connectivity index (χ4v) is 9.41. The van der Waals surface area contributed by atoms with Crippen molar-refractivity contribution in [3.05, 3.63) is 48.6 Å². The summed E-state index contributed by atoms with van der Waals surface area (Å²) in [5.74, 6) is -0.0729. The van der Waals surface area contributed by atoms with E-state index >= 15 is 0 Å². The van der Waals surface area contributed by atoms with Gasteiger partial charge in [0.2, 0.25) is 5.91 Å². The van der Waals surface area contributed by atoms with Crippen LogP contribution in [0.15, 0.2) is 48.6 Å². The predicted molar refractivity (Wildman–Crippen MR) is 299 cm³/mol. The molecule has 0 radical (unpaired) electrons. The highest BCUT2D eigenvalue weighted by Gasteiger charge is 2.18. The van der Waals surface area contributed by atoms with E-state index in [9.17, 15) is 15.0 Å². The first kappa shape index (κ1) is 65.3. The Hall–Kier alpha value is -1.65. The molecule has 0 aliphatic carbocycles. The molecule has 0 bridgehead atoms. The summed E-state index contributed by atoms with van der Waals surface area (Å²) in [7, 11) is 0. The van der Waals surface area contributed by atoms with Crippen LogP contribution >= 0.6 is 0 Å². The molecule has 0 aliphatic heterocycles. The van der Waals surface area contributed by atoms with Crippen LogP contribution in [0.3, 0.4) is 0 Å². The molecule has 0 heterocycles. The number of unbranched alkanes of at least 4 members (excludes halogenated alkanes) is 43. The van der Waals surface area contributed by atoms with Crippen LogP contribution in [0.1, 0.15) is 328 Å². The topological polar surface area (TPSA) is 69.6 Å². The fourth-order valence-electron chi connectivity index (χ4n) is 9.41. The van der Waals surface area contributed by atoms with E-state index in [4.69, 9.17) is 0 Å². The van der Waals surface area contributed by atoms with Gasteiger partial charge in [-0.3, -0.25) is 4.79 Å². The van der Waals surface area contributed by atoms with Crippen molar-refractivity contribution in [1.82, 2.24) is 5.32 Å². The molecule has 0 rings (SSSR count). The number of hydrogen-bond donors (Lipinski definition) is 3. The van der Waals surface area contributed by atoms with Crippen molar-refractivity contribution in [3.63, 3.8) is 0 Å². The molecule has 0 spiro atoms. The molecule has 2 unspecified atom stereocenters. The molecule has 4 heteroatoms. The molecule has 0 aliphatic rings. The SMILES string of the molecule is CCCCCCC/C=C\C/C=C\CCCCCCCCCCCCCC(=O)NC(CO)C(O)/C=C/CC/C=C/CCCCCCCCCCCCCCCCCCCCCCCCCCCC. The third-order valence-corrected chi connectivity index (χ3v) is 14.0. The van der Waals surface area contributed by atoms with E-state index in [1.807, 2.05) is 6.08 Å². The number of carbonyl (C=O) groups excluding carboxylic acids is 1. The lowest BCUT2D eigenvalue weighted by molar-refractivity contribution is -0.123. The maximum atomic E-state index is 12.5. The Kier molecular flexibility index (Phi) is 57.2. The summed E-state index contributed by atoms with van der Waals surface area (Å²) in [6.07, 6.45) is 81.6. The fraction of sp³-hybridized carbons (Fsp3) is 0.857. The summed E-state index contributed by atoms with van der Waals surface area (Å²) in [6, 6.07) is -0.642. The second-order valence-corrected chi connectivity index (χ2v) is 20.8. The zero-order valence-corrected chi connectivity index (χ0v) is 45.4. The molecule has 2 atom stereocenters. The molecule has 4 nitrogen and oxygen atoms in total. The van der Waals surface area contributed by atoms with Gasteiger partial charge in [0, 0.05) is 6.42 Å². The van der Waals surface area contributed by atoms with Gasteiger partial charge in [0.05, 0.1) is 18.8 Å². The van der Waals surface area contributed by atoms with Crippen molar-refractivity contribution < 1.29 is 15.0 Å². The van der Waals surface area contributed by atoms with Gasteiger partial charge in [-0.25, -0.2) is 0 Å². The zero-order chi connectivity index (χ0) is 48.5. The van der Waals surface area contributed by atoms with Crippen LogP contribution in [0.5, 0.6) is 0 Å². The van der Waals surface area contributed by atoms with Crippen molar-refractivity contribution in [2.45, 2.75) is 341 Å². The molecule has 0 saturated heterocycles. The largest absolute Gasteiger partial charge is 0.394 e. The van der Waals surface area contributed by atoms with Crippen molar-refractivity contribution in [2.24, 2.45) is 0 Å². The van der Waals surface area contributed by atoms with Gasteiger partial charge in [-0.05, 0) is 64.2 Å². The summed E-state index contributed by atoms with van der Waals surface area (Å²) < 4.78 is 0. The van der Waals surface area contributed by atoms with Crippen molar-refractivity contribution in [2.75, 3.05) is 6.61 Å². The van der Waals surface area contributed by atoms with Gasteiger partial charge < -0.3 is 15.5 Å². The molecule has 0 fully saturated rings. The summed E-state index contributed by atoms with van der Waals surface area (Å²) in [5.41, 5.74) is 0. The van der Waals surface area contributed by atoms with Crippen molar-refractivity contribution in [1.29, 1.82) is 0 Å². The number of rotatable bonds is 56. The lowest BCUT2D eigenvalue weighted by atomic mass is 10.0. The molecule has 0 saturated carbocycles. The Morgan fingerprint density at radius 2 is 0.627 bits per heavy atom. The van der Waals surface area contributed by atoms with Crippen molar-refractivity contribution in [3.8, 4) is 0 Å². The molecule has 394 valence electrons. The quantitative estimate of drug-likeness (QED) is 0.0420. The Balaban J connectivity index is 3.50. The van der Waals surface area contributed by atoms with E-state index in [-0.39, 0.29) is 12.5 Å². The monoisotopic (exact) mass is 938 g/mol. The molecule has 0 aromatic carbocycles. The van der Waals surface area contributed by atoms with Gasteiger partial charge in [0.15, 0.2) is 0 Å². The predicted octanol–water partition coefficient (Wildman–Crippen LogP) is 20.2. The Morgan fingerprint density at radius 1 is 0.358 bits per heavy atom. The van der Waals surface area contributed by atoms with Crippen LogP contribution in [-0.2, 0) is 4.79 Å². The van der Waals surface area contributed by atoms with E-state index in [2.05, 4.69) is 55.6 Å². The number of nitrogens with one attached hydrogen (secondary N) is 1. The maximum absolute atomic E-state index is 12.5. The highest BCUT2D eigenvalue weighted by atomic mass is 16.3. The smallest absolute Gasteiger partial charge is 0.220 e. The van der Waals surface area contributed by atoms with E-state index in [0.29, 0.717) is 6.42 Å². The lowest BCUT2D eigenvalue weighted by Gasteiger charge is -2.19. The molecular formula is C63H119NO3. The molecule has 0 aromatic heterocycles. The van der Waals surface area contributed by atoms with E-state index in [1.54, 1.807) is 6.08 Å². The summed E-state index contributed by atoms with van der Waals surface area (Å²) in [4.78, 5) is 12.5. The molecule has 67 heavy (non-hydrogen) atoms. The highest BCUT2D eigenvalue weighted by molar-refractivity contribution is 5.76. The van der Waals surface area contributed by atoms with Gasteiger partial charge in [-0.2, -0.15) is 0 Å². The van der Waals surface area contributed by atoms with Crippen LogP contribution in [0.4, 0.5) is 0 Å². The van der Waals surface area contributed by atoms with Crippen LogP contribution < -0.4 is 5.32 Å². The van der Waals surface area contributed by atoms with Gasteiger partial charge >= 0.3 is 0 Å². The van der Waals surface area contributed by atoms with Crippen molar-refractivity contribution >= 4 is 5.91 Å². The minimum atomic E-state index is -0.865.